The Hall–Kier alpha value is -2.51. The molecule has 1 aromatic carbocycles. The molecule has 0 saturated heterocycles. The van der Waals surface area contributed by atoms with Crippen LogP contribution in [0.2, 0.25) is 0 Å². The normalized spacial score (nSPS) is 11.6. The van der Waals surface area contributed by atoms with E-state index in [-0.39, 0.29) is 24.1 Å². The lowest BCUT2D eigenvalue weighted by Crippen LogP contribution is -2.18. The van der Waals surface area contributed by atoms with Gasteiger partial charge in [-0.1, -0.05) is 6.07 Å². The number of hydrogen-bond acceptors (Lipinski definition) is 2. The van der Waals surface area contributed by atoms with Gasteiger partial charge in [-0.3, -0.25) is 14.7 Å². The molecule has 8 heteroatoms. The average molecular weight is 300 g/mol. The van der Waals surface area contributed by atoms with Gasteiger partial charge in [-0.15, -0.1) is 0 Å². The van der Waals surface area contributed by atoms with Crippen LogP contribution in [0.3, 0.4) is 0 Å². The van der Waals surface area contributed by atoms with Crippen LogP contribution in [0, 0.1) is 0 Å². The van der Waals surface area contributed by atoms with Crippen LogP contribution in [-0.4, -0.2) is 20.9 Å². The van der Waals surface area contributed by atoms with E-state index in [2.05, 4.69) is 5.10 Å². The van der Waals surface area contributed by atoms with Gasteiger partial charge < -0.3 is 5.11 Å². The Morgan fingerprint density at radius 1 is 1.33 bits per heavy atom. The summed E-state index contributed by atoms with van der Waals surface area (Å²) in [5.74, 6) is -1.05. The molecule has 0 saturated carbocycles. The molecule has 0 amide bonds. The molecule has 2 rings (SSSR count). The smallest absolute Gasteiger partial charge is 0.416 e. The molecule has 2 aromatic rings. The zero-order valence-corrected chi connectivity index (χ0v) is 10.6. The van der Waals surface area contributed by atoms with Gasteiger partial charge in [0.15, 0.2) is 0 Å². The summed E-state index contributed by atoms with van der Waals surface area (Å²) in [4.78, 5) is 22.5. The number of H-pyrrole nitrogens is 1. The first-order valence-electron chi connectivity index (χ1n) is 5.98. The second-order valence-corrected chi connectivity index (χ2v) is 4.38. The van der Waals surface area contributed by atoms with Crippen LogP contribution in [-0.2, 0) is 17.4 Å². The Morgan fingerprint density at radius 2 is 2.05 bits per heavy atom. The Labute approximate surface area is 116 Å². The van der Waals surface area contributed by atoms with Gasteiger partial charge in [0.1, 0.15) is 0 Å². The number of aliphatic carboxylic acids is 1. The molecule has 5 nitrogen and oxygen atoms in total. The lowest BCUT2D eigenvalue weighted by Gasteiger charge is -2.08. The summed E-state index contributed by atoms with van der Waals surface area (Å²) >= 11 is 0. The highest BCUT2D eigenvalue weighted by Gasteiger charge is 2.30. The molecule has 0 unspecified atom stereocenters. The van der Waals surface area contributed by atoms with Crippen molar-refractivity contribution in [3.63, 3.8) is 0 Å². The number of aromatic nitrogens is 2. The lowest BCUT2D eigenvalue weighted by atomic mass is 10.2. The van der Waals surface area contributed by atoms with E-state index in [1.807, 2.05) is 0 Å². The first kappa shape index (κ1) is 14.9. The van der Waals surface area contributed by atoms with Crippen LogP contribution in [0.4, 0.5) is 13.2 Å². The number of aromatic amines is 1. The molecule has 2 N–H and O–H groups in total. The fourth-order valence-electron chi connectivity index (χ4n) is 1.84. The van der Waals surface area contributed by atoms with Crippen LogP contribution >= 0.6 is 0 Å². The molecule has 0 spiro atoms. The van der Waals surface area contributed by atoms with Gasteiger partial charge in [-0.2, -0.15) is 13.2 Å². The van der Waals surface area contributed by atoms with Gasteiger partial charge in [-0.05, 0) is 24.6 Å². The SMILES string of the molecule is O=C(O)CCc1c[nH]n(-c2cccc(C(F)(F)F)c2)c1=O. The molecule has 0 atom stereocenters. The van der Waals surface area contributed by atoms with Gasteiger partial charge >= 0.3 is 12.1 Å². The van der Waals surface area contributed by atoms with Crippen LogP contribution in [0.15, 0.2) is 35.3 Å². The van der Waals surface area contributed by atoms with Crippen molar-refractivity contribution in [2.75, 3.05) is 0 Å². The van der Waals surface area contributed by atoms with Crippen LogP contribution < -0.4 is 5.56 Å². The third-order valence-corrected chi connectivity index (χ3v) is 2.89. The summed E-state index contributed by atoms with van der Waals surface area (Å²) in [6.45, 7) is 0. The number of hydrogen-bond donors (Lipinski definition) is 2. The fourth-order valence-corrected chi connectivity index (χ4v) is 1.84. The summed E-state index contributed by atoms with van der Waals surface area (Å²) < 4.78 is 38.9. The molecular formula is C13H11F3N2O3. The Morgan fingerprint density at radius 3 is 2.67 bits per heavy atom. The highest BCUT2D eigenvalue weighted by Crippen LogP contribution is 2.29. The minimum Gasteiger partial charge on any atom is -0.481 e. The number of aryl methyl sites for hydroxylation is 1. The largest absolute Gasteiger partial charge is 0.481 e. The third-order valence-electron chi connectivity index (χ3n) is 2.89. The van der Waals surface area contributed by atoms with E-state index >= 15 is 0 Å². The number of nitrogens with one attached hydrogen (secondary N) is 1. The predicted octanol–water partition coefficient (Wildman–Crippen LogP) is 2.20. The average Bonchev–Trinajstić information content (AvgIpc) is 2.77. The Balaban J connectivity index is 2.35. The molecule has 0 aliphatic rings. The van der Waals surface area contributed by atoms with Crippen molar-refractivity contribution in [1.29, 1.82) is 0 Å². The van der Waals surface area contributed by atoms with Crippen molar-refractivity contribution in [3.05, 3.63) is 51.9 Å². The van der Waals surface area contributed by atoms with Crippen molar-refractivity contribution in [2.45, 2.75) is 19.0 Å². The van der Waals surface area contributed by atoms with Crippen molar-refractivity contribution in [3.8, 4) is 5.69 Å². The van der Waals surface area contributed by atoms with Crippen molar-refractivity contribution in [2.24, 2.45) is 0 Å². The van der Waals surface area contributed by atoms with Gasteiger partial charge in [0, 0.05) is 18.2 Å². The van der Waals surface area contributed by atoms with E-state index in [1.165, 1.54) is 18.3 Å². The summed E-state index contributed by atoms with van der Waals surface area (Å²) in [5.41, 5.74) is -1.18. The molecule has 0 fully saturated rings. The standard InChI is InChI=1S/C13H11F3N2O3/c14-13(15,16)9-2-1-3-10(6-9)18-12(21)8(7-17-18)4-5-11(19)20/h1-3,6-7,17H,4-5H2,(H,19,20). The summed E-state index contributed by atoms with van der Waals surface area (Å²) in [6.07, 6.45) is -3.42. The third kappa shape index (κ3) is 3.33. The molecule has 0 aliphatic heterocycles. The molecule has 112 valence electrons. The van der Waals surface area contributed by atoms with E-state index in [4.69, 9.17) is 5.11 Å². The maximum Gasteiger partial charge on any atom is 0.416 e. The number of carboxylic acids is 1. The Kier molecular flexibility index (Phi) is 3.88. The number of carbonyl (C=O) groups is 1. The van der Waals surface area contributed by atoms with Gasteiger partial charge in [0.25, 0.3) is 5.56 Å². The highest BCUT2D eigenvalue weighted by atomic mass is 19.4. The lowest BCUT2D eigenvalue weighted by molar-refractivity contribution is -0.138. The van der Waals surface area contributed by atoms with E-state index < -0.39 is 23.3 Å². The number of benzene rings is 1. The maximum absolute atomic E-state index is 12.6. The predicted molar refractivity (Wildman–Crippen MR) is 67.3 cm³/mol. The zero-order valence-electron chi connectivity index (χ0n) is 10.6. The molecular weight excluding hydrogens is 289 g/mol. The van der Waals surface area contributed by atoms with Gasteiger partial charge in [0.05, 0.1) is 11.3 Å². The van der Waals surface area contributed by atoms with Crippen molar-refractivity contribution >= 4 is 5.97 Å². The molecule has 1 heterocycles. The molecule has 21 heavy (non-hydrogen) atoms. The van der Waals surface area contributed by atoms with Crippen LogP contribution in [0.5, 0.6) is 0 Å². The minimum atomic E-state index is -4.50. The van der Waals surface area contributed by atoms with Crippen molar-refractivity contribution in [1.82, 2.24) is 9.78 Å². The highest BCUT2D eigenvalue weighted by molar-refractivity contribution is 5.67. The number of nitrogens with zero attached hydrogens (tertiary/aromatic N) is 1. The molecule has 0 radical (unpaired) electrons. The molecule has 0 aliphatic carbocycles. The quantitative estimate of drug-likeness (QED) is 0.909. The summed E-state index contributed by atoms with van der Waals surface area (Å²) in [6, 6.07) is 4.30. The number of rotatable bonds is 4. The van der Waals surface area contributed by atoms with E-state index in [1.54, 1.807) is 0 Å². The molecule has 0 bridgehead atoms. The van der Waals surface area contributed by atoms with E-state index in [0.29, 0.717) is 0 Å². The Bertz CT molecular complexity index is 716. The molecule has 1 aromatic heterocycles. The number of alkyl halides is 3. The van der Waals surface area contributed by atoms with E-state index in [9.17, 15) is 22.8 Å². The fraction of sp³-hybridized carbons (Fsp3) is 0.231. The van der Waals surface area contributed by atoms with E-state index in [0.717, 1.165) is 16.8 Å². The topological polar surface area (TPSA) is 75.1 Å². The zero-order chi connectivity index (χ0) is 15.6. The summed E-state index contributed by atoms with van der Waals surface area (Å²) in [5, 5.41) is 11.1. The van der Waals surface area contributed by atoms with Crippen LogP contribution in [0.25, 0.3) is 5.69 Å². The van der Waals surface area contributed by atoms with Crippen molar-refractivity contribution < 1.29 is 23.1 Å². The summed E-state index contributed by atoms with van der Waals surface area (Å²) in [7, 11) is 0. The van der Waals surface area contributed by atoms with Gasteiger partial charge in [0.2, 0.25) is 0 Å². The second-order valence-electron chi connectivity index (χ2n) is 4.38. The number of carboxylic acid groups (broad SMARTS) is 1. The van der Waals surface area contributed by atoms with Gasteiger partial charge in [-0.25, -0.2) is 4.68 Å². The second kappa shape index (κ2) is 5.47. The first-order chi connectivity index (χ1) is 9.79. The maximum atomic E-state index is 12.6. The first-order valence-corrected chi connectivity index (χ1v) is 5.98. The minimum absolute atomic E-state index is 0.0105. The van der Waals surface area contributed by atoms with Crippen LogP contribution in [0.1, 0.15) is 17.5 Å². The monoisotopic (exact) mass is 300 g/mol. The number of halogens is 3.